The van der Waals surface area contributed by atoms with Crippen LogP contribution in [-0.4, -0.2) is 10.3 Å². The van der Waals surface area contributed by atoms with E-state index >= 15 is 0 Å². The Bertz CT molecular complexity index is 496. The highest BCUT2D eigenvalue weighted by atomic mass is 79.9. The number of hydrogen-bond donors (Lipinski definition) is 2. The lowest BCUT2D eigenvalue weighted by atomic mass is 10.2. The second-order valence-corrected chi connectivity index (χ2v) is 4.02. The number of rotatable bonds is 1. The summed E-state index contributed by atoms with van der Waals surface area (Å²) in [6, 6.07) is 5.59. The molecule has 0 fully saturated rings. The van der Waals surface area contributed by atoms with Crippen LogP contribution in [0, 0.1) is 0 Å². The fourth-order valence-corrected chi connectivity index (χ4v) is 1.55. The van der Waals surface area contributed by atoms with E-state index in [9.17, 15) is 0 Å². The molecular weight excluding hydrogens is 266 g/mol. The molecule has 0 saturated heterocycles. The number of nitrogens with one attached hydrogen (secondary N) is 1. The van der Waals surface area contributed by atoms with Crippen molar-refractivity contribution in [3.05, 3.63) is 22.7 Å². The first-order valence-electron chi connectivity index (χ1n) is 3.78. The Kier molecular flexibility index (Phi) is 2.39. The molecule has 0 amide bonds. The summed E-state index contributed by atoms with van der Waals surface area (Å²) in [4.78, 5) is 0. The van der Waals surface area contributed by atoms with E-state index in [1.54, 1.807) is 0 Å². The third-order valence-electron chi connectivity index (χ3n) is 1.68. The SMILES string of the molecule is NC(=S)Nc1noc2cc(Br)ccc12. The number of aromatic nitrogens is 1. The lowest BCUT2D eigenvalue weighted by molar-refractivity contribution is 0.460. The van der Waals surface area contributed by atoms with E-state index in [1.165, 1.54) is 0 Å². The number of nitrogens with two attached hydrogens (primary N) is 1. The first-order valence-corrected chi connectivity index (χ1v) is 4.98. The second-order valence-electron chi connectivity index (χ2n) is 2.66. The Morgan fingerprint density at radius 2 is 2.36 bits per heavy atom. The summed E-state index contributed by atoms with van der Waals surface area (Å²) in [7, 11) is 0. The van der Waals surface area contributed by atoms with Crippen molar-refractivity contribution in [2.24, 2.45) is 5.73 Å². The fourth-order valence-electron chi connectivity index (χ4n) is 1.12. The number of fused-ring (bicyclic) bond motifs is 1. The van der Waals surface area contributed by atoms with Crippen LogP contribution in [0.1, 0.15) is 0 Å². The predicted octanol–water partition coefficient (Wildman–Crippen LogP) is 2.25. The molecule has 2 aromatic rings. The monoisotopic (exact) mass is 271 g/mol. The van der Waals surface area contributed by atoms with Crippen LogP contribution in [0.2, 0.25) is 0 Å². The zero-order chi connectivity index (χ0) is 10.1. The highest BCUT2D eigenvalue weighted by molar-refractivity contribution is 9.10. The maximum Gasteiger partial charge on any atom is 0.183 e. The molecule has 14 heavy (non-hydrogen) atoms. The van der Waals surface area contributed by atoms with Gasteiger partial charge in [0.15, 0.2) is 16.5 Å². The van der Waals surface area contributed by atoms with Crippen LogP contribution < -0.4 is 11.1 Å². The summed E-state index contributed by atoms with van der Waals surface area (Å²) in [6.07, 6.45) is 0. The Morgan fingerprint density at radius 1 is 1.57 bits per heavy atom. The number of thiocarbonyl (C=S) groups is 1. The highest BCUT2D eigenvalue weighted by Gasteiger charge is 2.07. The van der Waals surface area contributed by atoms with Crippen molar-refractivity contribution < 1.29 is 4.52 Å². The maximum absolute atomic E-state index is 5.33. The zero-order valence-electron chi connectivity index (χ0n) is 6.95. The summed E-state index contributed by atoms with van der Waals surface area (Å²) in [5.41, 5.74) is 6.01. The Morgan fingerprint density at radius 3 is 3.07 bits per heavy atom. The molecule has 2 rings (SSSR count). The van der Waals surface area contributed by atoms with Gasteiger partial charge in [0.25, 0.3) is 0 Å². The van der Waals surface area contributed by atoms with E-state index in [0.717, 1.165) is 9.86 Å². The van der Waals surface area contributed by atoms with E-state index in [1.807, 2.05) is 18.2 Å². The largest absolute Gasteiger partial charge is 0.376 e. The summed E-state index contributed by atoms with van der Waals surface area (Å²) >= 11 is 8.04. The molecule has 0 aliphatic heterocycles. The van der Waals surface area contributed by atoms with Crippen molar-refractivity contribution in [2.45, 2.75) is 0 Å². The van der Waals surface area contributed by atoms with Gasteiger partial charge in [-0.15, -0.1) is 0 Å². The number of benzene rings is 1. The van der Waals surface area contributed by atoms with Crippen LogP contribution >= 0.6 is 28.1 Å². The lowest BCUT2D eigenvalue weighted by Gasteiger charge is -1.97. The molecule has 0 atom stereocenters. The van der Waals surface area contributed by atoms with Gasteiger partial charge in [-0.05, 0) is 30.4 Å². The van der Waals surface area contributed by atoms with Gasteiger partial charge in [0.2, 0.25) is 0 Å². The molecule has 72 valence electrons. The summed E-state index contributed by atoms with van der Waals surface area (Å²) in [5, 5.41) is 7.56. The minimum atomic E-state index is 0.170. The Hall–Kier alpha value is -1.14. The van der Waals surface area contributed by atoms with Crippen LogP contribution in [0.3, 0.4) is 0 Å². The van der Waals surface area contributed by atoms with Crippen LogP contribution in [0.25, 0.3) is 11.0 Å². The van der Waals surface area contributed by atoms with Gasteiger partial charge in [0.1, 0.15) is 0 Å². The summed E-state index contributed by atoms with van der Waals surface area (Å²) < 4.78 is 6.01. The molecule has 0 bridgehead atoms. The van der Waals surface area contributed by atoms with Gasteiger partial charge in [-0.25, -0.2) is 0 Å². The number of anilines is 1. The van der Waals surface area contributed by atoms with Crippen molar-refractivity contribution in [3.63, 3.8) is 0 Å². The summed E-state index contributed by atoms with van der Waals surface area (Å²) in [5.74, 6) is 0.542. The second kappa shape index (κ2) is 3.55. The van der Waals surface area contributed by atoms with E-state index in [2.05, 4.69) is 26.4 Å². The van der Waals surface area contributed by atoms with E-state index in [0.29, 0.717) is 11.4 Å². The molecule has 0 radical (unpaired) electrons. The average Bonchev–Trinajstić information content (AvgIpc) is 2.47. The van der Waals surface area contributed by atoms with Gasteiger partial charge < -0.3 is 15.6 Å². The van der Waals surface area contributed by atoms with E-state index < -0.39 is 0 Å². The van der Waals surface area contributed by atoms with Gasteiger partial charge in [-0.2, -0.15) is 0 Å². The first-order chi connectivity index (χ1) is 6.66. The molecule has 0 spiro atoms. The topological polar surface area (TPSA) is 64.1 Å². The molecule has 3 N–H and O–H groups in total. The minimum Gasteiger partial charge on any atom is -0.376 e. The maximum atomic E-state index is 5.33. The molecule has 0 saturated carbocycles. The molecular formula is C8H6BrN3OS. The lowest BCUT2D eigenvalue weighted by Crippen LogP contribution is -2.19. The van der Waals surface area contributed by atoms with Crippen LogP contribution in [-0.2, 0) is 0 Å². The molecule has 4 nitrogen and oxygen atoms in total. The molecule has 1 aromatic carbocycles. The van der Waals surface area contributed by atoms with E-state index in [-0.39, 0.29) is 5.11 Å². The number of halogens is 1. The van der Waals surface area contributed by atoms with Gasteiger partial charge in [-0.1, -0.05) is 21.1 Å². The normalized spacial score (nSPS) is 10.4. The van der Waals surface area contributed by atoms with Crippen LogP contribution in [0.15, 0.2) is 27.2 Å². The van der Waals surface area contributed by atoms with Crippen molar-refractivity contribution in [2.75, 3.05) is 5.32 Å². The van der Waals surface area contributed by atoms with Gasteiger partial charge in [0, 0.05) is 4.47 Å². The smallest absolute Gasteiger partial charge is 0.183 e. The quantitative estimate of drug-likeness (QED) is 0.779. The first kappa shape index (κ1) is 9.42. The minimum absolute atomic E-state index is 0.170. The van der Waals surface area contributed by atoms with Crippen molar-refractivity contribution in [1.82, 2.24) is 5.16 Å². The van der Waals surface area contributed by atoms with Crippen molar-refractivity contribution in [3.8, 4) is 0 Å². The fraction of sp³-hybridized carbons (Fsp3) is 0. The molecule has 1 heterocycles. The third-order valence-corrected chi connectivity index (χ3v) is 2.27. The summed E-state index contributed by atoms with van der Waals surface area (Å²) in [6.45, 7) is 0. The van der Waals surface area contributed by atoms with Crippen LogP contribution in [0.4, 0.5) is 5.82 Å². The molecule has 0 aliphatic rings. The predicted molar refractivity (Wildman–Crippen MR) is 62.1 cm³/mol. The van der Waals surface area contributed by atoms with Crippen molar-refractivity contribution in [1.29, 1.82) is 0 Å². The van der Waals surface area contributed by atoms with Gasteiger partial charge in [0.05, 0.1) is 5.39 Å². The number of nitrogens with zero attached hydrogens (tertiary/aromatic N) is 1. The van der Waals surface area contributed by atoms with Crippen LogP contribution in [0.5, 0.6) is 0 Å². The zero-order valence-corrected chi connectivity index (χ0v) is 9.35. The average molecular weight is 272 g/mol. The number of hydrogen-bond acceptors (Lipinski definition) is 3. The van der Waals surface area contributed by atoms with Crippen molar-refractivity contribution >= 4 is 50.0 Å². The standard InChI is InChI=1S/C8H6BrN3OS/c9-4-1-2-5-6(3-4)13-12-7(5)11-8(10)14/h1-3H,(H3,10,11,12,14). The molecule has 0 unspecified atom stereocenters. The van der Waals surface area contributed by atoms with Gasteiger partial charge in [-0.3, -0.25) is 0 Å². The van der Waals surface area contributed by atoms with E-state index in [4.69, 9.17) is 22.5 Å². The molecule has 0 aliphatic carbocycles. The molecule has 1 aromatic heterocycles. The molecule has 6 heteroatoms. The van der Waals surface area contributed by atoms with Gasteiger partial charge >= 0.3 is 0 Å². The Balaban J connectivity index is 2.52. The Labute approximate surface area is 93.6 Å². The third kappa shape index (κ3) is 1.71. The highest BCUT2D eigenvalue weighted by Crippen LogP contribution is 2.25.